The lowest BCUT2D eigenvalue weighted by molar-refractivity contribution is -0.129. The molecule has 138 valence electrons. The average molecular weight is 372 g/mol. The minimum Gasteiger partial charge on any atom is -0.325 e. The molecule has 2 aliphatic rings. The Bertz CT molecular complexity index is 793. The number of aryl methyl sites for hydroxylation is 2. The van der Waals surface area contributed by atoms with Crippen LogP contribution in [0.3, 0.4) is 0 Å². The van der Waals surface area contributed by atoms with Crippen molar-refractivity contribution in [2.45, 2.75) is 40.0 Å². The summed E-state index contributed by atoms with van der Waals surface area (Å²) in [5, 5.41) is 3.42. The smallest absolute Gasteiger partial charge is 0.244 e. The monoisotopic (exact) mass is 372 g/mol. The Morgan fingerprint density at radius 3 is 2.69 bits per heavy atom. The molecule has 0 aromatic heterocycles. The molecular weight excluding hydrogens is 348 g/mol. The first-order chi connectivity index (χ1) is 12.2. The van der Waals surface area contributed by atoms with Crippen LogP contribution in [0.4, 0.5) is 5.69 Å². The highest BCUT2D eigenvalue weighted by Gasteiger charge is 2.30. The highest BCUT2D eigenvalue weighted by molar-refractivity contribution is 8.04. The van der Waals surface area contributed by atoms with E-state index in [0.717, 1.165) is 24.9 Å². The molecular formula is C20H24N2O3S. The topological polar surface area (TPSA) is 66.5 Å². The number of rotatable bonds is 4. The van der Waals surface area contributed by atoms with Gasteiger partial charge in [-0.25, -0.2) is 0 Å². The quantitative estimate of drug-likeness (QED) is 0.825. The molecule has 1 saturated heterocycles. The summed E-state index contributed by atoms with van der Waals surface area (Å²) in [6, 6.07) is 5.98. The Hall–Kier alpha value is -2.08. The number of nitrogens with one attached hydrogen (secondary N) is 1. The van der Waals surface area contributed by atoms with Gasteiger partial charge in [0.1, 0.15) is 6.54 Å². The summed E-state index contributed by atoms with van der Waals surface area (Å²) in [7, 11) is 0. The SMILES string of the molecule is CC(C)(C)C(=O)C=C1SCC(=O)N1CC(=O)Nc1ccc2c(c1)CCC2. The average Bonchev–Trinajstić information content (AvgIpc) is 3.15. The highest BCUT2D eigenvalue weighted by Crippen LogP contribution is 2.30. The number of amides is 2. The van der Waals surface area contributed by atoms with E-state index in [2.05, 4.69) is 11.4 Å². The Morgan fingerprint density at radius 1 is 1.23 bits per heavy atom. The molecule has 5 nitrogen and oxygen atoms in total. The van der Waals surface area contributed by atoms with E-state index in [1.54, 1.807) is 0 Å². The van der Waals surface area contributed by atoms with Crippen molar-refractivity contribution in [1.82, 2.24) is 4.90 Å². The van der Waals surface area contributed by atoms with Crippen LogP contribution in [0.2, 0.25) is 0 Å². The third-order valence-corrected chi connectivity index (χ3v) is 5.61. The van der Waals surface area contributed by atoms with E-state index in [-0.39, 0.29) is 29.9 Å². The summed E-state index contributed by atoms with van der Waals surface area (Å²) in [6.45, 7) is 5.42. The van der Waals surface area contributed by atoms with Crippen LogP contribution in [-0.4, -0.2) is 34.8 Å². The Balaban J connectivity index is 1.68. The molecule has 3 rings (SSSR count). The number of carbonyl (C=O) groups is 3. The standard InChI is InChI=1S/C20H24N2O3S/c1-20(2,3)16(23)10-19-22(18(25)12-26-19)11-17(24)21-15-8-7-13-5-4-6-14(13)9-15/h7-10H,4-6,11-12H2,1-3H3,(H,21,24). The van der Waals surface area contributed by atoms with E-state index in [1.165, 1.54) is 33.9 Å². The number of anilines is 1. The van der Waals surface area contributed by atoms with Crippen molar-refractivity contribution in [1.29, 1.82) is 0 Å². The molecule has 1 N–H and O–H groups in total. The van der Waals surface area contributed by atoms with Gasteiger partial charge in [0.2, 0.25) is 11.8 Å². The molecule has 0 atom stereocenters. The molecule has 26 heavy (non-hydrogen) atoms. The van der Waals surface area contributed by atoms with Crippen molar-refractivity contribution in [2.24, 2.45) is 5.41 Å². The van der Waals surface area contributed by atoms with E-state index in [9.17, 15) is 14.4 Å². The summed E-state index contributed by atoms with van der Waals surface area (Å²) in [4.78, 5) is 38.2. The molecule has 1 heterocycles. The number of carbonyl (C=O) groups excluding carboxylic acids is 3. The van der Waals surface area contributed by atoms with Crippen LogP contribution in [0.1, 0.15) is 38.3 Å². The van der Waals surface area contributed by atoms with Crippen LogP contribution in [0.5, 0.6) is 0 Å². The fraction of sp³-hybridized carbons (Fsp3) is 0.450. The number of fused-ring (bicyclic) bond motifs is 1. The molecule has 2 amide bonds. The minimum atomic E-state index is -0.516. The van der Waals surface area contributed by atoms with Gasteiger partial charge in [-0.3, -0.25) is 19.3 Å². The zero-order chi connectivity index (χ0) is 18.9. The van der Waals surface area contributed by atoms with Crippen LogP contribution >= 0.6 is 11.8 Å². The van der Waals surface area contributed by atoms with Gasteiger partial charge in [-0.15, -0.1) is 0 Å². The normalized spacial score (nSPS) is 18.3. The number of benzene rings is 1. The first-order valence-electron chi connectivity index (χ1n) is 8.85. The zero-order valence-corrected chi connectivity index (χ0v) is 16.2. The third kappa shape index (κ3) is 4.18. The van der Waals surface area contributed by atoms with Gasteiger partial charge in [-0.05, 0) is 42.5 Å². The maximum Gasteiger partial charge on any atom is 0.244 e. The molecule has 1 fully saturated rings. The van der Waals surface area contributed by atoms with Crippen molar-refractivity contribution in [3.8, 4) is 0 Å². The maximum absolute atomic E-state index is 12.4. The van der Waals surface area contributed by atoms with Crippen molar-refractivity contribution in [2.75, 3.05) is 17.6 Å². The van der Waals surface area contributed by atoms with Gasteiger partial charge in [-0.1, -0.05) is 38.6 Å². The largest absolute Gasteiger partial charge is 0.325 e. The van der Waals surface area contributed by atoms with Crippen LogP contribution in [0, 0.1) is 5.41 Å². The van der Waals surface area contributed by atoms with Crippen molar-refractivity contribution in [3.63, 3.8) is 0 Å². The Morgan fingerprint density at radius 2 is 1.96 bits per heavy atom. The van der Waals surface area contributed by atoms with Crippen molar-refractivity contribution >= 4 is 35.0 Å². The van der Waals surface area contributed by atoms with Gasteiger partial charge in [0.25, 0.3) is 0 Å². The van der Waals surface area contributed by atoms with E-state index in [4.69, 9.17) is 0 Å². The summed E-state index contributed by atoms with van der Waals surface area (Å²) in [5.74, 6) is -0.200. The summed E-state index contributed by atoms with van der Waals surface area (Å²) in [5.41, 5.74) is 2.87. The lowest BCUT2D eigenvalue weighted by atomic mass is 9.91. The number of hydrogen-bond acceptors (Lipinski definition) is 4. The molecule has 1 aliphatic heterocycles. The van der Waals surface area contributed by atoms with Gasteiger partial charge < -0.3 is 5.32 Å². The lowest BCUT2D eigenvalue weighted by Gasteiger charge is -2.19. The predicted octanol–water partition coefficient (Wildman–Crippen LogP) is 3.15. The van der Waals surface area contributed by atoms with Gasteiger partial charge >= 0.3 is 0 Å². The third-order valence-electron chi connectivity index (χ3n) is 4.59. The first kappa shape index (κ1) is 18.7. The zero-order valence-electron chi connectivity index (χ0n) is 15.4. The number of hydrogen-bond donors (Lipinski definition) is 1. The van der Waals surface area contributed by atoms with Crippen LogP contribution < -0.4 is 5.32 Å². The van der Waals surface area contributed by atoms with E-state index < -0.39 is 5.41 Å². The van der Waals surface area contributed by atoms with E-state index in [1.807, 2.05) is 32.9 Å². The van der Waals surface area contributed by atoms with Crippen molar-refractivity contribution in [3.05, 3.63) is 40.4 Å². The highest BCUT2D eigenvalue weighted by atomic mass is 32.2. The predicted molar refractivity (Wildman–Crippen MR) is 104 cm³/mol. The summed E-state index contributed by atoms with van der Waals surface area (Å²) >= 11 is 1.30. The molecule has 0 radical (unpaired) electrons. The second-order valence-corrected chi connectivity index (χ2v) is 8.75. The number of thioether (sulfide) groups is 1. The summed E-state index contributed by atoms with van der Waals surface area (Å²) < 4.78 is 0. The second kappa shape index (κ2) is 7.27. The first-order valence-corrected chi connectivity index (χ1v) is 9.83. The lowest BCUT2D eigenvalue weighted by Crippen LogP contribution is -2.34. The molecule has 0 unspecified atom stereocenters. The molecule has 6 heteroatoms. The van der Waals surface area contributed by atoms with Crippen LogP contribution in [-0.2, 0) is 27.2 Å². The molecule has 1 aliphatic carbocycles. The van der Waals surface area contributed by atoms with E-state index >= 15 is 0 Å². The maximum atomic E-state index is 12.4. The fourth-order valence-electron chi connectivity index (χ4n) is 3.02. The van der Waals surface area contributed by atoms with Crippen LogP contribution in [0.25, 0.3) is 0 Å². The summed E-state index contributed by atoms with van der Waals surface area (Å²) in [6.07, 6.45) is 4.78. The number of nitrogens with zero attached hydrogens (tertiary/aromatic N) is 1. The van der Waals surface area contributed by atoms with E-state index in [0.29, 0.717) is 5.03 Å². The molecule has 0 saturated carbocycles. The second-order valence-electron chi connectivity index (χ2n) is 7.75. The molecule has 0 spiro atoms. The minimum absolute atomic E-state index is 0.0567. The van der Waals surface area contributed by atoms with Gasteiger partial charge in [0.05, 0.1) is 10.8 Å². The Kier molecular flexibility index (Phi) is 5.23. The fourth-order valence-corrected chi connectivity index (χ4v) is 3.96. The van der Waals surface area contributed by atoms with Gasteiger partial charge in [0.15, 0.2) is 5.78 Å². The molecule has 1 aromatic rings. The van der Waals surface area contributed by atoms with Gasteiger partial charge in [-0.2, -0.15) is 0 Å². The molecule has 1 aromatic carbocycles. The number of ketones is 1. The Labute approximate surface area is 158 Å². The van der Waals surface area contributed by atoms with Crippen LogP contribution in [0.15, 0.2) is 29.3 Å². The number of allylic oxidation sites excluding steroid dienone is 1. The van der Waals surface area contributed by atoms with Gasteiger partial charge in [0, 0.05) is 17.2 Å². The van der Waals surface area contributed by atoms with Crippen molar-refractivity contribution < 1.29 is 14.4 Å². The molecule has 0 bridgehead atoms.